The quantitative estimate of drug-likeness (QED) is 0.911. The van der Waals surface area contributed by atoms with Crippen LogP contribution < -0.4 is 0 Å². The molecule has 3 aliphatic rings. The molecular weight excluding hydrogens is 304 g/mol. The van der Waals surface area contributed by atoms with Crippen molar-refractivity contribution in [2.24, 2.45) is 5.92 Å². The van der Waals surface area contributed by atoms with Crippen LogP contribution in [0.2, 0.25) is 0 Å². The Morgan fingerprint density at radius 3 is 2.54 bits per heavy atom. The predicted octanol–water partition coefficient (Wildman–Crippen LogP) is 1.93. The second-order valence-electron chi connectivity index (χ2n) is 7.89. The Bertz CT molecular complexity index is 527. The van der Waals surface area contributed by atoms with Gasteiger partial charge in [-0.05, 0) is 57.5 Å². The van der Waals surface area contributed by atoms with E-state index in [1.165, 1.54) is 38.8 Å². The van der Waals surface area contributed by atoms with Gasteiger partial charge in [-0.2, -0.15) is 0 Å². The maximum absolute atomic E-state index is 10.6. The minimum absolute atomic E-state index is 0.675. The molecule has 1 saturated carbocycles. The Morgan fingerprint density at radius 1 is 1.12 bits per heavy atom. The first kappa shape index (κ1) is 16.5. The van der Waals surface area contributed by atoms with Crippen LogP contribution in [0.25, 0.3) is 0 Å². The lowest BCUT2D eigenvalue weighted by atomic mass is 9.94. The van der Waals surface area contributed by atoms with Crippen LogP contribution in [0.4, 0.5) is 0 Å². The van der Waals surface area contributed by atoms with Gasteiger partial charge in [0.25, 0.3) is 0 Å². The molecule has 1 N–H and O–H groups in total. The molecular formula is C18H30N4O2. The molecule has 1 aliphatic carbocycles. The summed E-state index contributed by atoms with van der Waals surface area (Å²) in [6.07, 6.45) is 10.7. The van der Waals surface area contributed by atoms with Crippen molar-refractivity contribution in [2.75, 3.05) is 26.3 Å². The van der Waals surface area contributed by atoms with Crippen molar-refractivity contribution in [3.63, 3.8) is 0 Å². The van der Waals surface area contributed by atoms with Gasteiger partial charge in [-0.3, -0.25) is 4.68 Å². The van der Waals surface area contributed by atoms with E-state index < -0.39 is 5.60 Å². The summed E-state index contributed by atoms with van der Waals surface area (Å²) in [4.78, 5) is 2.66. The van der Waals surface area contributed by atoms with Crippen molar-refractivity contribution in [1.29, 1.82) is 0 Å². The molecule has 0 radical (unpaired) electrons. The van der Waals surface area contributed by atoms with Gasteiger partial charge in [0.1, 0.15) is 11.3 Å². The molecule has 0 unspecified atom stereocenters. The van der Waals surface area contributed by atoms with Gasteiger partial charge in [-0.25, -0.2) is 0 Å². The van der Waals surface area contributed by atoms with Gasteiger partial charge in [0.2, 0.25) is 0 Å². The molecule has 2 aliphatic heterocycles. The van der Waals surface area contributed by atoms with E-state index in [1.54, 1.807) is 0 Å². The normalized spacial score (nSPS) is 26.9. The van der Waals surface area contributed by atoms with Crippen molar-refractivity contribution in [1.82, 2.24) is 19.9 Å². The SMILES string of the molecule is OC1(c2cn(CC3CCN(C4CCOCC4)CC3)nn2)CCCC1. The van der Waals surface area contributed by atoms with E-state index in [9.17, 15) is 5.11 Å². The van der Waals surface area contributed by atoms with Crippen LogP contribution in [0.15, 0.2) is 6.20 Å². The second kappa shape index (κ2) is 7.10. The number of likely N-dealkylation sites (tertiary alicyclic amines) is 1. The summed E-state index contributed by atoms with van der Waals surface area (Å²) in [5, 5.41) is 19.2. The van der Waals surface area contributed by atoms with Gasteiger partial charge in [0.15, 0.2) is 0 Å². The third kappa shape index (κ3) is 3.51. The second-order valence-corrected chi connectivity index (χ2v) is 7.89. The molecule has 0 aromatic carbocycles. The smallest absolute Gasteiger partial charge is 0.114 e. The molecule has 6 heteroatoms. The Hall–Kier alpha value is -0.980. The summed E-state index contributed by atoms with van der Waals surface area (Å²) in [5.41, 5.74) is 0.0599. The van der Waals surface area contributed by atoms with Crippen molar-refractivity contribution < 1.29 is 9.84 Å². The van der Waals surface area contributed by atoms with E-state index >= 15 is 0 Å². The molecule has 6 nitrogen and oxygen atoms in total. The Morgan fingerprint density at radius 2 is 1.83 bits per heavy atom. The molecule has 0 atom stereocenters. The fourth-order valence-electron chi connectivity index (χ4n) is 4.63. The highest BCUT2D eigenvalue weighted by molar-refractivity contribution is 5.08. The van der Waals surface area contributed by atoms with Crippen molar-refractivity contribution >= 4 is 0 Å². The lowest BCUT2D eigenvalue weighted by Crippen LogP contribution is -2.44. The lowest BCUT2D eigenvalue weighted by Gasteiger charge is -2.39. The number of hydrogen-bond donors (Lipinski definition) is 1. The highest BCUT2D eigenvalue weighted by atomic mass is 16.5. The summed E-state index contributed by atoms with van der Waals surface area (Å²) in [6.45, 7) is 5.18. The molecule has 3 heterocycles. The monoisotopic (exact) mass is 334 g/mol. The number of aromatic nitrogens is 3. The van der Waals surface area contributed by atoms with Crippen LogP contribution in [-0.4, -0.2) is 57.3 Å². The summed E-state index contributed by atoms with van der Waals surface area (Å²) in [5.74, 6) is 0.675. The Labute approximate surface area is 144 Å². The summed E-state index contributed by atoms with van der Waals surface area (Å²) < 4.78 is 7.44. The van der Waals surface area contributed by atoms with E-state index in [2.05, 4.69) is 15.2 Å². The predicted molar refractivity (Wildman–Crippen MR) is 90.5 cm³/mol. The van der Waals surface area contributed by atoms with Crippen LogP contribution in [0, 0.1) is 5.92 Å². The van der Waals surface area contributed by atoms with E-state index in [4.69, 9.17) is 4.74 Å². The third-order valence-electron chi connectivity index (χ3n) is 6.25. The Kier molecular flexibility index (Phi) is 4.88. The van der Waals surface area contributed by atoms with E-state index in [1.807, 2.05) is 10.9 Å². The molecule has 134 valence electrons. The molecule has 0 spiro atoms. The average molecular weight is 334 g/mol. The number of nitrogens with zero attached hydrogens (tertiary/aromatic N) is 4. The summed E-state index contributed by atoms with van der Waals surface area (Å²) in [7, 11) is 0. The fraction of sp³-hybridized carbons (Fsp3) is 0.889. The van der Waals surface area contributed by atoms with Crippen molar-refractivity contribution in [3.05, 3.63) is 11.9 Å². The van der Waals surface area contributed by atoms with Crippen molar-refractivity contribution in [3.8, 4) is 0 Å². The molecule has 0 amide bonds. The van der Waals surface area contributed by atoms with Gasteiger partial charge >= 0.3 is 0 Å². The molecule has 1 aromatic rings. The largest absolute Gasteiger partial charge is 0.383 e. The van der Waals surface area contributed by atoms with Gasteiger partial charge in [-0.15, -0.1) is 5.10 Å². The number of piperidine rings is 1. The van der Waals surface area contributed by atoms with Gasteiger partial charge in [0, 0.05) is 25.8 Å². The zero-order chi connectivity index (χ0) is 16.4. The first-order valence-corrected chi connectivity index (χ1v) is 9.68. The van der Waals surface area contributed by atoms with Crippen LogP contribution >= 0.6 is 0 Å². The van der Waals surface area contributed by atoms with Crippen molar-refractivity contribution in [2.45, 2.75) is 69.6 Å². The zero-order valence-electron chi connectivity index (χ0n) is 14.6. The standard InChI is InChI=1S/C18H30N4O2/c23-18(7-1-2-8-18)17-14-22(20-19-17)13-15-3-9-21(10-4-15)16-5-11-24-12-6-16/h14-16,23H,1-13H2. The Balaban J connectivity index is 1.28. The number of ether oxygens (including phenoxy) is 1. The fourth-order valence-corrected chi connectivity index (χ4v) is 4.63. The lowest BCUT2D eigenvalue weighted by molar-refractivity contribution is 0.0197. The first-order valence-electron chi connectivity index (χ1n) is 9.68. The van der Waals surface area contributed by atoms with Crippen LogP contribution in [-0.2, 0) is 16.9 Å². The van der Waals surface area contributed by atoms with Crippen LogP contribution in [0.3, 0.4) is 0 Å². The first-order chi connectivity index (χ1) is 11.7. The molecule has 0 bridgehead atoms. The van der Waals surface area contributed by atoms with Crippen LogP contribution in [0.5, 0.6) is 0 Å². The number of hydrogen-bond acceptors (Lipinski definition) is 5. The minimum Gasteiger partial charge on any atom is -0.383 e. The van der Waals surface area contributed by atoms with E-state index in [-0.39, 0.29) is 0 Å². The maximum Gasteiger partial charge on any atom is 0.114 e. The summed E-state index contributed by atoms with van der Waals surface area (Å²) >= 11 is 0. The zero-order valence-corrected chi connectivity index (χ0v) is 14.6. The van der Waals surface area contributed by atoms with Gasteiger partial charge < -0.3 is 14.7 Å². The van der Waals surface area contributed by atoms with E-state index in [0.717, 1.165) is 57.2 Å². The van der Waals surface area contributed by atoms with Gasteiger partial charge in [0.05, 0.1) is 6.20 Å². The molecule has 2 saturated heterocycles. The topological polar surface area (TPSA) is 63.4 Å². The maximum atomic E-state index is 10.6. The average Bonchev–Trinajstić information content (AvgIpc) is 3.27. The third-order valence-corrected chi connectivity index (χ3v) is 6.25. The molecule has 24 heavy (non-hydrogen) atoms. The van der Waals surface area contributed by atoms with E-state index in [0.29, 0.717) is 5.92 Å². The summed E-state index contributed by atoms with van der Waals surface area (Å²) in [6, 6.07) is 0.731. The molecule has 1 aromatic heterocycles. The molecule has 3 fully saturated rings. The number of rotatable bonds is 4. The van der Waals surface area contributed by atoms with Gasteiger partial charge in [-0.1, -0.05) is 18.1 Å². The highest BCUT2D eigenvalue weighted by Crippen LogP contribution is 2.37. The minimum atomic E-state index is -0.718. The molecule has 4 rings (SSSR count). The van der Waals surface area contributed by atoms with Crippen LogP contribution in [0.1, 0.15) is 57.1 Å². The number of aliphatic hydroxyl groups is 1. The highest BCUT2D eigenvalue weighted by Gasteiger charge is 2.36.